The summed E-state index contributed by atoms with van der Waals surface area (Å²) in [5.41, 5.74) is 4.23. The molecule has 0 unspecified atom stereocenters. The van der Waals surface area contributed by atoms with Gasteiger partial charge in [-0.25, -0.2) is 14.2 Å². The molecule has 28 heavy (non-hydrogen) atoms. The van der Waals surface area contributed by atoms with E-state index >= 15 is 0 Å². The highest BCUT2D eigenvalue weighted by atomic mass is 127. The van der Waals surface area contributed by atoms with Crippen LogP contribution in [0.3, 0.4) is 0 Å². The fourth-order valence-electron chi connectivity index (χ4n) is 4.40. The standard InChI is InChI=1S/C21H15ClFIN2O2/c22-15-4-2-1-3-10(15)9-26-19-12-5-11(6-12)13-7-16(23)17(24)8-14(13)18(19)25-20(26)21(27)28/h1-4,7-8,11-12H,5-6,9H2,(H,27,28). The molecule has 2 aromatic carbocycles. The lowest BCUT2D eigenvalue weighted by atomic mass is 9.71. The van der Waals surface area contributed by atoms with Crippen molar-refractivity contribution < 1.29 is 14.3 Å². The zero-order valence-corrected chi connectivity index (χ0v) is 17.5. The molecule has 7 heteroatoms. The van der Waals surface area contributed by atoms with Crippen molar-refractivity contribution in [3.05, 3.63) is 73.5 Å². The second kappa shape index (κ2) is 6.56. The summed E-state index contributed by atoms with van der Waals surface area (Å²) in [4.78, 5) is 16.5. The van der Waals surface area contributed by atoms with Crippen LogP contribution in [-0.2, 0) is 6.54 Å². The van der Waals surface area contributed by atoms with Gasteiger partial charge in [-0.1, -0.05) is 29.8 Å². The van der Waals surface area contributed by atoms with Crippen LogP contribution in [0.5, 0.6) is 0 Å². The fourth-order valence-corrected chi connectivity index (χ4v) is 5.06. The van der Waals surface area contributed by atoms with E-state index in [1.54, 1.807) is 22.8 Å². The molecule has 1 heterocycles. The number of halogens is 3. The van der Waals surface area contributed by atoms with Crippen LogP contribution in [0.2, 0.25) is 5.02 Å². The van der Waals surface area contributed by atoms with Gasteiger partial charge in [0.15, 0.2) is 0 Å². The van der Waals surface area contributed by atoms with Gasteiger partial charge in [0.25, 0.3) is 0 Å². The molecular weight excluding hydrogens is 494 g/mol. The molecule has 0 spiro atoms. The van der Waals surface area contributed by atoms with Gasteiger partial charge in [-0.15, -0.1) is 0 Å². The first-order valence-electron chi connectivity index (χ1n) is 9.00. The van der Waals surface area contributed by atoms with Crippen LogP contribution in [0, 0.1) is 9.39 Å². The summed E-state index contributed by atoms with van der Waals surface area (Å²) < 4.78 is 16.5. The Labute approximate surface area is 179 Å². The molecule has 142 valence electrons. The zero-order valence-electron chi connectivity index (χ0n) is 14.6. The molecule has 1 aromatic heterocycles. The highest BCUT2D eigenvalue weighted by Crippen LogP contribution is 2.56. The molecule has 6 rings (SSSR count). The van der Waals surface area contributed by atoms with Crippen molar-refractivity contribution in [3.8, 4) is 11.3 Å². The molecule has 2 bridgehead atoms. The van der Waals surface area contributed by atoms with Gasteiger partial charge >= 0.3 is 5.97 Å². The van der Waals surface area contributed by atoms with Gasteiger partial charge in [-0.3, -0.25) is 0 Å². The maximum absolute atomic E-state index is 14.2. The Morgan fingerprint density at radius 1 is 1.29 bits per heavy atom. The van der Waals surface area contributed by atoms with Gasteiger partial charge in [-0.05, 0) is 70.7 Å². The topological polar surface area (TPSA) is 55.1 Å². The number of carbonyl (C=O) groups is 1. The Hall–Kier alpha value is -1.93. The zero-order chi connectivity index (χ0) is 19.6. The number of hydrogen-bond acceptors (Lipinski definition) is 2. The number of aromatic carboxylic acids is 1. The average Bonchev–Trinajstić information content (AvgIpc) is 2.86. The van der Waals surface area contributed by atoms with Gasteiger partial charge in [0.2, 0.25) is 5.82 Å². The van der Waals surface area contributed by atoms with E-state index in [0.29, 0.717) is 26.7 Å². The molecule has 0 aliphatic heterocycles. The highest BCUT2D eigenvalue weighted by Gasteiger charge is 2.42. The summed E-state index contributed by atoms with van der Waals surface area (Å²) in [5.74, 6) is -0.797. The van der Waals surface area contributed by atoms with Crippen LogP contribution < -0.4 is 0 Å². The first kappa shape index (κ1) is 18.1. The van der Waals surface area contributed by atoms with E-state index in [-0.39, 0.29) is 17.6 Å². The number of benzene rings is 2. The average molecular weight is 509 g/mol. The Bertz CT molecular complexity index is 1140. The van der Waals surface area contributed by atoms with Crippen molar-refractivity contribution >= 4 is 40.2 Å². The lowest BCUT2D eigenvalue weighted by molar-refractivity contribution is 0.0678. The van der Waals surface area contributed by atoms with E-state index < -0.39 is 5.97 Å². The van der Waals surface area contributed by atoms with Crippen molar-refractivity contribution in [1.29, 1.82) is 0 Å². The lowest BCUT2D eigenvalue weighted by Gasteiger charge is -2.34. The quantitative estimate of drug-likeness (QED) is 0.464. The summed E-state index contributed by atoms with van der Waals surface area (Å²) in [6, 6.07) is 10.8. The summed E-state index contributed by atoms with van der Waals surface area (Å²) >= 11 is 8.30. The van der Waals surface area contributed by atoms with E-state index in [1.807, 2.05) is 40.8 Å². The number of carboxylic acids is 1. The number of imidazole rings is 1. The highest BCUT2D eigenvalue weighted by molar-refractivity contribution is 14.1. The molecule has 0 atom stereocenters. The van der Waals surface area contributed by atoms with Crippen LogP contribution in [0.1, 0.15) is 52.1 Å². The molecule has 1 N–H and O–H groups in total. The fraction of sp³-hybridized carbons (Fsp3) is 0.238. The van der Waals surface area contributed by atoms with Crippen molar-refractivity contribution in [2.24, 2.45) is 0 Å². The van der Waals surface area contributed by atoms with E-state index in [1.165, 1.54) is 0 Å². The molecule has 0 saturated heterocycles. The Balaban J connectivity index is 1.75. The molecule has 1 saturated carbocycles. The van der Waals surface area contributed by atoms with Crippen LogP contribution >= 0.6 is 34.2 Å². The van der Waals surface area contributed by atoms with Gasteiger partial charge in [0, 0.05) is 25.8 Å². The molecular formula is C21H15ClFIN2O2. The lowest BCUT2D eigenvalue weighted by Crippen LogP contribution is -2.23. The van der Waals surface area contributed by atoms with Gasteiger partial charge in [0.05, 0.1) is 12.2 Å². The molecule has 1 fully saturated rings. The van der Waals surface area contributed by atoms with Crippen LogP contribution in [0.15, 0.2) is 36.4 Å². The van der Waals surface area contributed by atoms with E-state index in [2.05, 4.69) is 4.98 Å². The summed E-state index contributed by atoms with van der Waals surface area (Å²) in [5, 5.41) is 10.4. The first-order chi connectivity index (χ1) is 13.4. The van der Waals surface area contributed by atoms with E-state index in [0.717, 1.165) is 35.2 Å². The Morgan fingerprint density at radius 2 is 2.04 bits per heavy atom. The van der Waals surface area contributed by atoms with Crippen molar-refractivity contribution in [2.45, 2.75) is 31.2 Å². The van der Waals surface area contributed by atoms with Gasteiger partial charge < -0.3 is 9.67 Å². The van der Waals surface area contributed by atoms with Crippen LogP contribution in [-0.4, -0.2) is 20.6 Å². The number of aromatic nitrogens is 2. The van der Waals surface area contributed by atoms with Gasteiger partial charge in [0.1, 0.15) is 5.82 Å². The second-order valence-electron chi connectivity index (χ2n) is 7.37. The summed E-state index contributed by atoms with van der Waals surface area (Å²) in [7, 11) is 0. The predicted molar refractivity (Wildman–Crippen MR) is 113 cm³/mol. The monoisotopic (exact) mass is 508 g/mol. The first-order valence-corrected chi connectivity index (χ1v) is 10.5. The smallest absolute Gasteiger partial charge is 0.372 e. The van der Waals surface area contributed by atoms with Crippen molar-refractivity contribution in [2.75, 3.05) is 0 Å². The minimum absolute atomic E-state index is 0.000512. The molecule has 0 radical (unpaired) electrons. The maximum Gasteiger partial charge on any atom is 0.372 e. The SMILES string of the molecule is O=C(O)c1nc2c(n1Cc1ccccc1Cl)C1CC(C1)c1cc(F)c(I)cc1-2. The van der Waals surface area contributed by atoms with E-state index in [4.69, 9.17) is 11.6 Å². The summed E-state index contributed by atoms with van der Waals surface area (Å²) in [6.45, 7) is 0.346. The third kappa shape index (κ3) is 2.69. The Morgan fingerprint density at radius 3 is 2.75 bits per heavy atom. The largest absolute Gasteiger partial charge is 0.475 e. The molecule has 0 amide bonds. The summed E-state index contributed by atoms with van der Waals surface area (Å²) in [6.07, 6.45) is 1.76. The van der Waals surface area contributed by atoms with Crippen LogP contribution in [0.25, 0.3) is 11.3 Å². The third-order valence-corrected chi connectivity index (χ3v) is 6.99. The molecule has 3 aliphatic carbocycles. The number of nitrogens with zero attached hydrogens (tertiary/aromatic N) is 2. The third-order valence-electron chi connectivity index (χ3n) is 5.80. The maximum atomic E-state index is 14.2. The molecule has 4 nitrogen and oxygen atoms in total. The van der Waals surface area contributed by atoms with Crippen molar-refractivity contribution in [3.63, 3.8) is 0 Å². The number of hydrogen-bond donors (Lipinski definition) is 1. The van der Waals surface area contributed by atoms with Crippen LogP contribution in [0.4, 0.5) is 4.39 Å². The second-order valence-corrected chi connectivity index (χ2v) is 8.94. The predicted octanol–water partition coefficient (Wildman–Crippen LogP) is 5.67. The van der Waals surface area contributed by atoms with Crippen molar-refractivity contribution in [1.82, 2.24) is 9.55 Å². The normalized spacial score (nSPS) is 19.4. The van der Waals surface area contributed by atoms with E-state index in [9.17, 15) is 14.3 Å². The number of rotatable bonds is 3. The minimum Gasteiger partial charge on any atom is -0.475 e. The molecule has 3 aromatic rings. The minimum atomic E-state index is -1.07. The Kier molecular flexibility index (Phi) is 4.24. The van der Waals surface area contributed by atoms with Gasteiger partial charge in [-0.2, -0.15) is 0 Å². The molecule has 3 aliphatic rings. The number of carboxylic acid groups (broad SMARTS) is 1.